The molecule has 208 valence electrons. The van der Waals surface area contributed by atoms with E-state index in [0.29, 0.717) is 19.3 Å². The minimum Gasteiger partial charge on any atom is -0.490 e. The van der Waals surface area contributed by atoms with Crippen molar-refractivity contribution in [1.29, 1.82) is 0 Å². The molecule has 0 heterocycles. The van der Waals surface area contributed by atoms with Crippen molar-refractivity contribution in [3.8, 4) is 11.5 Å². The van der Waals surface area contributed by atoms with Crippen molar-refractivity contribution in [2.75, 3.05) is 6.61 Å². The number of halogens is 3. The molecular weight excluding hydrogens is 497 g/mol. The van der Waals surface area contributed by atoms with Crippen LogP contribution < -0.4 is 9.47 Å². The molecule has 1 aliphatic rings. The predicted molar refractivity (Wildman–Crippen MR) is 138 cm³/mol. The third-order valence-electron chi connectivity index (χ3n) is 6.86. The summed E-state index contributed by atoms with van der Waals surface area (Å²) in [6.07, 6.45) is 5.32. The van der Waals surface area contributed by atoms with Gasteiger partial charge in [-0.15, -0.1) is 0 Å². The second-order valence-electron chi connectivity index (χ2n) is 9.77. The average molecular weight is 535 g/mol. The van der Waals surface area contributed by atoms with Gasteiger partial charge in [-0.2, -0.15) is 4.39 Å². The fourth-order valence-corrected chi connectivity index (χ4v) is 4.56. The topological polar surface area (TPSA) is 61.8 Å². The van der Waals surface area contributed by atoms with Gasteiger partial charge in [0.05, 0.1) is 12.2 Å². The maximum Gasteiger partial charge on any atom is 0.346 e. The maximum absolute atomic E-state index is 14.5. The van der Waals surface area contributed by atoms with E-state index in [0.717, 1.165) is 50.2 Å². The van der Waals surface area contributed by atoms with E-state index in [1.54, 1.807) is 12.1 Å². The molecule has 1 aliphatic carbocycles. The Balaban J connectivity index is 1.50. The summed E-state index contributed by atoms with van der Waals surface area (Å²) >= 11 is 0. The minimum absolute atomic E-state index is 0.196. The molecule has 0 bridgehead atoms. The summed E-state index contributed by atoms with van der Waals surface area (Å²) in [5.41, 5.74) is 0.522. The number of hydrogen-bond donors (Lipinski definition) is 0. The van der Waals surface area contributed by atoms with Gasteiger partial charge >= 0.3 is 11.9 Å². The van der Waals surface area contributed by atoms with E-state index in [4.69, 9.17) is 14.2 Å². The molecule has 3 rings (SSSR count). The van der Waals surface area contributed by atoms with Crippen molar-refractivity contribution in [1.82, 2.24) is 0 Å². The number of alkyl halides is 1. The molecule has 0 amide bonds. The molecule has 1 fully saturated rings. The first-order chi connectivity index (χ1) is 18.3. The van der Waals surface area contributed by atoms with E-state index >= 15 is 0 Å². The lowest BCUT2D eigenvalue weighted by Gasteiger charge is -2.29. The fourth-order valence-electron chi connectivity index (χ4n) is 4.56. The Kier molecular flexibility index (Phi) is 11.5. The van der Waals surface area contributed by atoms with Crippen molar-refractivity contribution in [3.05, 3.63) is 59.2 Å². The Morgan fingerprint density at radius 2 is 1.58 bits per heavy atom. The molecule has 0 aromatic heterocycles. The molecule has 0 radical (unpaired) electrons. The van der Waals surface area contributed by atoms with Crippen LogP contribution >= 0.6 is 0 Å². The predicted octanol–water partition coefficient (Wildman–Crippen LogP) is 7.85. The van der Waals surface area contributed by atoms with Crippen LogP contribution in [0.25, 0.3) is 0 Å². The van der Waals surface area contributed by atoms with Gasteiger partial charge in [-0.3, -0.25) is 0 Å². The van der Waals surface area contributed by atoms with Gasteiger partial charge in [-0.25, -0.2) is 18.4 Å². The van der Waals surface area contributed by atoms with E-state index < -0.39 is 35.3 Å². The van der Waals surface area contributed by atoms with Crippen molar-refractivity contribution in [3.63, 3.8) is 0 Å². The first-order valence-corrected chi connectivity index (χ1v) is 13.6. The minimum atomic E-state index is -1.56. The Labute approximate surface area is 222 Å². The molecule has 0 N–H and O–H groups in total. The van der Waals surface area contributed by atoms with Gasteiger partial charge in [0.15, 0.2) is 17.7 Å². The lowest BCUT2D eigenvalue weighted by molar-refractivity contribution is -0.157. The molecule has 38 heavy (non-hydrogen) atoms. The molecular formula is C30H37F3O5. The zero-order valence-electron chi connectivity index (χ0n) is 22.1. The van der Waals surface area contributed by atoms with E-state index in [1.165, 1.54) is 6.07 Å². The largest absolute Gasteiger partial charge is 0.490 e. The summed E-state index contributed by atoms with van der Waals surface area (Å²) in [5, 5.41) is 0. The molecule has 0 aliphatic heterocycles. The van der Waals surface area contributed by atoms with Crippen LogP contribution in [0.1, 0.15) is 99.9 Å². The third-order valence-corrected chi connectivity index (χ3v) is 6.86. The molecule has 1 atom stereocenters. The SMILES string of the molecule is CCCCCOc1ccc(C(=O)Oc2ccc([C@H]3CC[C@H](OC(=O)[C@@H](F)CCCC)CC3)cc2)c(F)c1F. The quantitative estimate of drug-likeness (QED) is 0.149. The third kappa shape index (κ3) is 8.23. The lowest BCUT2D eigenvalue weighted by atomic mass is 9.83. The first-order valence-electron chi connectivity index (χ1n) is 13.6. The van der Waals surface area contributed by atoms with E-state index in [1.807, 2.05) is 26.0 Å². The summed E-state index contributed by atoms with van der Waals surface area (Å²) in [6, 6.07) is 9.26. The van der Waals surface area contributed by atoms with E-state index in [-0.39, 0.29) is 36.5 Å². The Hall–Kier alpha value is -3.03. The van der Waals surface area contributed by atoms with Crippen LogP contribution in [-0.4, -0.2) is 30.8 Å². The van der Waals surface area contributed by atoms with Crippen LogP contribution in [0.4, 0.5) is 13.2 Å². The number of ether oxygens (including phenoxy) is 3. The van der Waals surface area contributed by atoms with Crippen LogP contribution in [0.15, 0.2) is 36.4 Å². The normalized spacial score (nSPS) is 18.0. The van der Waals surface area contributed by atoms with Gasteiger partial charge in [-0.1, -0.05) is 51.7 Å². The number of carbonyl (C=O) groups excluding carboxylic acids is 2. The smallest absolute Gasteiger partial charge is 0.346 e. The fraction of sp³-hybridized carbons (Fsp3) is 0.533. The van der Waals surface area contributed by atoms with Crippen LogP contribution in [0.3, 0.4) is 0 Å². The van der Waals surface area contributed by atoms with Gasteiger partial charge in [0.25, 0.3) is 0 Å². The van der Waals surface area contributed by atoms with Gasteiger partial charge in [0.1, 0.15) is 11.9 Å². The van der Waals surface area contributed by atoms with Crippen LogP contribution in [0.5, 0.6) is 11.5 Å². The number of rotatable bonds is 13. The molecule has 2 aromatic carbocycles. The highest BCUT2D eigenvalue weighted by Gasteiger charge is 2.28. The zero-order chi connectivity index (χ0) is 27.5. The van der Waals surface area contributed by atoms with E-state index in [2.05, 4.69) is 0 Å². The molecule has 8 heteroatoms. The molecule has 2 aromatic rings. The Morgan fingerprint density at radius 3 is 2.24 bits per heavy atom. The van der Waals surface area contributed by atoms with Crippen molar-refractivity contribution < 1.29 is 37.0 Å². The standard InChI is InChI=1S/C30H37F3O5/c1-3-5-7-19-36-26-18-17-24(27(32)28(26)33)29(34)37-22-13-9-20(10-14-22)21-11-15-23(16-12-21)38-30(35)25(31)8-6-4-2/h9-10,13-14,17-18,21,23,25H,3-8,11-12,15-16,19H2,1-2H3/t21-,23-,25-/m0/s1. The summed E-state index contributed by atoms with van der Waals surface area (Å²) in [7, 11) is 0. The summed E-state index contributed by atoms with van der Waals surface area (Å²) in [6.45, 7) is 4.24. The molecule has 5 nitrogen and oxygen atoms in total. The van der Waals surface area contributed by atoms with Gasteiger partial charge in [-0.05, 0) is 74.3 Å². The Bertz CT molecular complexity index is 1050. The Morgan fingerprint density at radius 1 is 0.895 bits per heavy atom. The van der Waals surface area contributed by atoms with Crippen LogP contribution in [0.2, 0.25) is 0 Å². The second kappa shape index (κ2) is 14.8. The summed E-state index contributed by atoms with van der Waals surface area (Å²) < 4.78 is 58.7. The lowest BCUT2D eigenvalue weighted by Crippen LogP contribution is -2.28. The summed E-state index contributed by atoms with van der Waals surface area (Å²) in [4.78, 5) is 24.4. The number of unbranched alkanes of at least 4 members (excludes halogenated alkanes) is 3. The number of carbonyl (C=O) groups is 2. The average Bonchev–Trinajstić information content (AvgIpc) is 2.92. The highest BCUT2D eigenvalue weighted by Crippen LogP contribution is 2.35. The highest BCUT2D eigenvalue weighted by molar-refractivity contribution is 5.91. The van der Waals surface area contributed by atoms with Crippen LogP contribution in [-0.2, 0) is 9.53 Å². The van der Waals surface area contributed by atoms with Gasteiger partial charge in [0, 0.05) is 0 Å². The number of esters is 2. The zero-order valence-corrected chi connectivity index (χ0v) is 22.1. The van der Waals surface area contributed by atoms with Crippen molar-refractivity contribution in [2.45, 2.75) is 96.2 Å². The van der Waals surface area contributed by atoms with Gasteiger partial charge < -0.3 is 14.2 Å². The number of benzene rings is 2. The molecule has 1 saturated carbocycles. The first kappa shape index (κ1) is 29.5. The second-order valence-corrected chi connectivity index (χ2v) is 9.77. The molecule has 0 spiro atoms. The highest BCUT2D eigenvalue weighted by atomic mass is 19.2. The molecule has 0 unspecified atom stereocenters. The van der Waals surface area contributed by atoms with Crippen molar-refractivity contribution >= 4 is 11.9 Å². The monoisotopic (exact) mass is 534 g/mol. The van der Waals surface area contributed by atoms with Crippen molar-refractivity contribution in [2.24, 2.45) is 0 Å². The van der Waals surface area contributed by atoms with E-state index in [9.17, 15) is 22.8 Å². The maximum atomic E-state index is 14.5. The van der Waals surface area contributed by atoms with Crippen LogP contribution in [0, 0.1) is 11.6 Å². The number of hydrogen-bond acceptors (Lipinski definition) is 5. The molecule has 0 saturated heterocycles. The van der Waals surface area contributed by atoms with Gasteiger partial charge in [0.2, 0.25) is 5.82 Å². The summed E-state index contributed by atoms with van der Waals surface area (Å²) in [5.74, 6) is -4.07.